The van der Waals surface area contributed by atoms with Gasteiger partial charge in [0.15, 0.2) is 0 Å². The number of carbonyl (C=O) groups is 1. The lowest BCUT2D eigenvalue weighted by molar-refractivity contribution is -0.870. The van der Waals surface area contributed by atoms with E-state index in [1.54, 1.807) is 0 Å². The average molecular weight is 1210 g/mol. The van der Waals surface area contributed by atoms with Gasteiger partial charge >= 0.3 is 0 Å². The van der Waals surface area contributed by atoms with E-state index in [-0.39, 0.29) is 19.1 Å². The third kappa shape index (κ3) is 68.7. The minimum Gasteiger partial charge on any atom is -0.756 e. The van der Waals surface area contributed by atoms with Gasteiger partial charge in [-0.05, 0) is 38.5 Å². The van der Waals surface area contributed by atoms with Crippen LogP contribution in [0.2, 0.25) is 0 Å². The maximum atomic E-state index is 13.1. The molecule has 0 bridgehead atoms. The van der Waals surface area contributed by atoms with Crippen LogP contribution in [0.15, 0.2) is 12.2 Å². The molecule has 8 nitrogen and oxygen atoms in total. The first-order valence-electron chi connectivity index (χ1n) is 38.0. The third-order valence-corrected chi connectivity index (χ3v) is 19.0. The Hall–Kier alpha value is -0.760. The molecule has 1 amide bonds. The number of aliphatic hydroxyl groups excluding tert-OH is 1. The molecule has 0 aromatic heterocycles. The van der Waals surface area contributed by atoms with E-state index >= 15 is 0 Å². The summed E-state index contributed by atoms with van der Waals surface area (Å²) in [6.45, 7) is 4.80. The summed E-state index contributed by atoms with van der Waals surface area (Å²) in [5.74, 6) is -0.154. The smallest absolute Gasteiger partial charge is 0.268 e. The normalized spacial score (nSPS) is 13.6. The van der Waals surface area contributed by atoms with E-state index in [0.29, 0.717) is 23.9 Å². The molecule has 0 heterocycles. The Morgan fingerprint density at radius 1 is 0.405 bits per heavy atom. The van der Waals surface area contributed by atoms with Gasteiger partial charge < -0.3 is 28.8 Å². The number of nitrogens with one attached hydrogen (secondary N) is 1. The molecule has 0 aliphatic rings. The summed E-state index contributed by atoms with van der Waals surface area (Å²) in [5.41, 5.74) is 0. The molecule has 2 N–H and O–H groups in total. The number of amides is 1. The lowest BCUT2D eigenvalue weighted by atomic mass is 10.0. The van der Waals surface area contributed by atoms with Gasteiger partial charge in [-0.3, -0.25) is 9.36 Å². The average Bonchev–Trinajstić information content (AvgIpc) is 3.56. The molecule has 3 atom stereocenters. The summed E-state index contributed by atoms with van der Waals surface area (Å²) in [4.78, 5) is 25.7. The van der Waals surface area contributed by atoms with E-state index in [0.717, 1.165) is 38.5 Å². The molecule has 3 unspecified atom stereocenters. The number of likely N-dealkylation sites (N-methyl/N-ethyl adjacent to an activating group) is 1. The number of phosphoric acid groups is 1. The second-order valence-electron chi connectivity index (χ2n) is 27.7. The van der Waals surface area contributed by atoms with Gasteiger partial charge in [-0.1, -0.05) is 379 Å². The van der Waals surface area contributed by atoms with E-state index in [1.807, 2.05) is 21.1 Å². The number of hydrogen-bond donors (Lipinski definition) is 2. The first-order valence-corrected chi connectivity index (χ1v) is 39.5. The van der Waals surface area contributed by atoms with Crippen molar-refractivity contribution >= 4 is 13.7 Å². The van der Waals surface area contributed by atoms with Crippen LogP contribution in [0.3, 0.4) is 0 Å². The number of rotatable bonds is 72. The van der Waals surface area contributed by atoms with Crippen molar-refractivity contribution in [1.82, 2.24) is 5.32 Å². The van der Waals surface area contributed by atoms with Gasteiger partial charge in [-0.15, -0.1) is 0 Å². The van der Waals surface area contributed by atoms with Crippen LogP contribution in [0.1, 0.15) is 412 Å². The minimum absolute atomic E-state index is 0.0160. The fourth-order valence-electron chi connectivity index (χ4n) is 12.1. The van der Waals surface area contributed by atoms with E-state index in [2.05, 4.69) is 31.3 Å². The summed E-state index contributed by atoms with van der Waals surface area (Å²) in [5, 5.41) is 14.1. The number of hydrogen-bond acceptors (Lipinski definition) is 6. The first-order chi connectivity index (χ1) is 41.0. The van der Waals surface area contributed by atoms with Gasteiger partial charge in [0.2, 0.25) is 5.91 Å². The Labute approximate surface area is 526 Å². The summed E-state index contributed by atoms with van der Waals surface area (Å²) < 4.78 is 23.6. The van der Waals surface area contributed by atoms with Gasteiger partial charge in [-0.25, -0.2) is 0 Å². The first kappa shape index (κ1) is 83.2. The van der Waals surface area contributed by atoms with Crippen LogP contribution in [0.5, 0.6) is 0 Å². The molecule has 0 rings (SSSR count). The van der Waals surface area contributed by atoms with Crippen molar-refractivity contribution in [2.75, 3.05) is 40.9 Å². The van der Waals surface area contributed by atoms with Gasteiger partial charge in [0.05, 0.1) is 39.9 Å². The molecule has 0 spiro atoms. The number of carbonyl (C=O) groups excluding carboxylic acids is 1. The van der Waals surface area contributed by atoms with Gasteiger partial charge in [0.1, 0.15) is 13.2 Å². The predicted octanol–water partition coefficient (Wildman–Crippen LogP) is 23.8. The number of allylic oxidation sites excluding steroid dienone is 2. The van der Waals surface area contributed by atoms with Crippen LogP contribution in [0, 0.1) is 0 Å². The predicted molar refractivity (Wildman–Crippen MR) is 367 cm³/mol. The quantitative estimate of drug-likeness (QED) is 0.0272. The number of unbranched alkanes of at least 4 members (excludes halogenated alkanes) is 57. The fraction of sp³-hybridized carbons (Fsp3) is 0.960. The number of nitrogens with zero attached hydrogens (tertiary/aromatic N) is 1. The van der Waals surface area contributed by atoms with Crippen molar-refractivity contribution in [3.8, 4) is 0 Å². The molecule has 0 radical (unpaired) electrons. The topological polar surface area (TPSA) is 108 Å². The van der Waals surface area contributed by atoms with Crippen molar-refractivity contribution in [3.63, 3.8) is 0 Å². The Balaban J connectivity index is 3.94. The molecular weight excluding hydrogens is 1060 g/mol. The van der Waals surface area contributed by atoms with Gasteiger partial charge in [0.25, 0.3) is 7.82 Å². The molecule has 0 aliphatic carbocycles. The van der Waals surface area contributed by atoms with Crippen molar-refractivity contribution in [3.05, 3.63) is 12.2 Å². The van der Waals surface area contributed by atoms with Crippen LogP contribution >= 0.6 is 7.82 Å². The standard InChI is InChI=1S/C75H151N2O6P/c1-6-8-10-12-14-16-18-20-22-24-26-28-30-32-34-36-38-40-42-44-46-48-50-52-54-56-58-60-62-64-66-68-74(78)73(72-83-84(80,81)82-71-70-77(3,4)5)76-75(79)69-67-65-63-61-59-57-55-53-51-49-47-45-43-41-39-37-35-33-31-29-27-25-23-21-19-17-15-13-11-9-7-2/h25,27,73-74,78H,6-24,26,28-72H2,1-5H3,(H-,76,79,80,81)/b27-25-. The van der Waals surface area contributed by atoms with E-state index in [1.165, 1.54) is 347 Å². The second kappa shape index (κ2) is 66.7. The van der Waals surface area contributed by atoms with E-state index in [9.17, 15) is 19.4 Å². The summed E-state index contributed by atoms with van der Waals surface area (Å²) in [6, 6.07) is -0.799. The van der Waals surface area contributed by atoms with Crippen molar-refractivity contribution in [1.29, 1.82) is 0 Å². The van der Waals surface area contributed by atoms with Crippen LogP contribution < -0.4 is 10.2 Å². The molecule has 9 heteroatoms. The maximum Gasteiger partial charge on any atom is 0.268 e. The zero-order chi connectivity index (χ0) is 61.2. The molecule has 0 saturated carbocycles. The van der Waals surface area contributed by atoms with Crippen molar-refractivity contribution < 1.29 is 32.9 Å². The molecule has 0 aromatic rings. The maximum absolute atomic E-state index is 13.1. The SMILES string of the molecule is CCCCCCCCCC/C=C\CCCCCCCCCCCCCCCCCCCCCC(=O)NC(COP(=O)([O-])OCC[N+](C)(C)C)C(O)CCCCCCCCCCCCCCCCCCCCCCCCCCCCCCCCC. The Kier molecular flexibility index (Phi) is 66.1. The lowest BCUT2D eigenvalue weighted by Gasteiger charge is -2.30. The van der Waals surface area contributed by atoms with Crippen LogP contribution in [0.25, 0.3) is 0 Å². The summed E-state index contributed by atoms with van der Waals surface area (Å²) in [7, 11) is 1.33. The molecule has 84 heavy (non-hydrogen) atoms. The minimum atomic E-state index is -4.58. The van der Waals surface area contributed by atoms with Gasteiger partial charge in [0, 0.05) is 6.42 Å². The zero-order valence-electron chi connectivity index (χ0n) is 57.7. The molecular formula is C75H151N2O6P. The second-order valence-corrected chi connectivity index (χ2v) is 29.1. The largest absolute Gasteiger partial charge is 0.756 e. The molecule has 0 saturated heterocycles. The van der Waals surface area contributed by atoms with Crippen LogP contribution in [-0.2, 0) is 18.4 Å². The van der Waals surface area contributed by atoms with Crippen LogP contribution in [0.4, 0.5) is 0 Å². The van der Waals surface area contributed by atoms with Crippen molar-refractivity contribution in [2.45, 2.75) is 424 Å². The lowest BCUT2D eigenvalue weighted by Crippen LogP contribution is -2.46. The monoisotopic (exact) mass is 1210 g/mol. The van der Waals surface area contributed by atoms with E-state index in [4.69, 9.17) is 9.05 Å². The molecule has 0 fully saturated rings. The number of phosphoric ester groups is 1. The summed E-state index contributed by atoms with van der Waals surface area (Å²) in [6.07, 6.45) is 86.0. The zero-order valence-corrected chi connectivity index (χ0v) is 58.5. The summed E-state index contributed by atoms with van der Waals surface area (Å²) >= 11 is 0. The highest BCUT2D eigenvalue weighted by atomic mass is 31.2. The highest BCUT2D eigenvalue weighted by molar-refractivity contribution is 7.45. The highest BCUT2D eigenvalue weighted by Gasteiger charge is 2.24. The number of quaternary nitrogens is 1. The van der Waals surface area contributed by atoms with Gasteiger partial charge in [-0.2, -0.15) is 0 Å². The Morgan fingerprint density at radius 2 is 0.655 bits per heavy atom. The van der Waals surface area contributed by atoms with Crippen molar-refractivity contribution in [2.24, 2.45) is 0 Å². The van der Waals surface area contributed by atoms with E-state index < -0.39 is 20.0 Å². The third-order valence-electron chi connectivity index (χ3n) is 18.0. The molecule has 502 valence electrons. The number of aliphatic hydroxyl groups is 1. The Bertz CT molecular complexity index is 1370. The molecule has 0 aliphatic heterocycles. The highest BCUT2D eigenvalue weighted by Crippen LogP contribution is 2.38. The van der Waals surface area contributed by atoms with Crippen LogP contribution in [-0.4, -0.2) is 68.5 Å². The molecule has 0 aromatic carbocycles. The fourth-order valence-corrected chi connectivity index (χ4v) is 12.8. The Morgan fingerprint density at radius 3 is 0.929 bits per heavy atom.